The molecule has 0 spiro atoms. The summed E-state index contributed by atoms with van der Waals surface area (Å²) < 4.78 is 0. The summed E-state index contributed by atoms with van der Waals surface area (Å²) in [5.74, 6) is -0.330. The van der Waals surface area contributed by atoms with Crippen molar-refractivity contribution in [3.63, 3.8) is 0 Å². The first-order chi connectivity index (χ1) is 6.20. The first-order valence-corrected chi connectivity index (χ1v) is 4.13. The zero-order valence-corrected chi connectivity index (χ0v) is 7.68. The van der Waals surface area contributed by atoms with Gasteiger partial charge in [0.05, 0.1) is 0 Å². The maximum Gasteiger partial charge on any atom is 0.204 e. The van der Waals surface area contributed by atoms with Crippen LogP contribution in [0, 0.1) is 0 Å². The van der Waals surface area contributed by atoms with Crippen LogP contribution in [0.3, 0.4) is 0 Å². The molecule has 0 bridgehead atoms. The lowest BCUT2D eigenvalue weighted by Gasteiger charge is -2.14. The Morgan fingerprint density at radius 3 is 2.15 bits per heavy atom. The summed E-state index contributed by atoms with van der Waals surface area (Å²) in [7, 11) is 1.62. The van der Waals surface area contributed by atoms with Crippen LogP contribution in [0.1, 0.15) is 6.92 Å². The second-order valence-corrected chi connectivity index (χ2v) is 2.59. The van der Waals surface area contributed by atoms with Gasteiger partial charge in [0.1, 0.15) is 11.4 Å². The summed E-state index contributed by atoms with van der Waals surface area (Å²) in [5, 5.41) is 5.58. The molecule has 0 aromatic heterocycles. The predicted octanol–water partition coefficient (Wildman–Crippen LogP) is -0.265. The molecule has 1 aliphatic carbocycles. The number of hydrogen-bond acceptors (Lipinski definition) is 4. The standard InChI is InChI=1S/C9H12N2O2/c1-3-11-9-7(13)5-4-6(12)8(9)10-2/h4-5,10-11H,3H2,1-2H3. The monoisotopic (exact) mass is 180 g/mol. The van der Waals surface area contributed by atoms with E-state index in [1.54, 1.807) is 7.05 Å². The number of rotatable bonds is 3. The highest BCUT2D eigenvalue weighted by atomic mass is 16.1. The van der Waals surface area contributed by atoms with Crippen molar-refractivity contribution >= 4 is 11.6 Å². The van der Waals surface area contributed by atoms with Gasteiger partial charge in [0.25, 0.3) is 0 Å². The predicted molar refractivity (Wildman–Crippen MR) is 48.9 cm³/mol. The molecule has 4 heteroatoms. The largest absolute Gasteiger partial charge is 0.383 e. The van der Waals surface area contributed by atoms with Gasteiger partial charge in [-0.25, -0.2) is 0 Å². The maximum absolute atomic E-state index is 11.3. The highest BCUT2D eigenvalue weighted by Crippen LogP contribution is 2.08. The Labute approximate surface area is 76.7 Å². The van der Waals surface area contributed by atoms with E-state index >= 15 is 0 Å². The van der Waals surface area contributed by atoms with Crippen LogP contribution in [0.2, 0.25) is 0 Å². The molecule has 0 unspecified atom stereocenters. The molecule has 0 radical (unpaired) electrons. The van der Waals surface area contributed by atoms with E-state index < -0.39 is 0 Å². The summed E-state index contributed by atoms with van der Waals surface area (Å²) in [5.41, 5.74) is 0.701. The minimum Gasteiger partial charge on any atom is -0.383 e. The van der Waals surface area contributed by atoms with Crippen LogP contribution in [0.15, 0.2) is 23.5 Å². The fourth-order valence-electron chi connectivity index (χ4n) is 1.16. The fourth-order valence-corrected chi connectivity index (χ4v) is 1.16. The number of carbonyl (C=O) groups is 2. The minimum atomic E-state index is -0.168. The van der Waals surface area contributed by atoms with Crippen molar-refractivity contribution in [3.05, 3.63) is 23.5 Å². The number of hydrogen-bond donors (Lipinski definition) is 2. The fraction of sp³-hybridized carbons (Fsp3) is 0.333. The smallest absolute Gasteiger partial charge is 0.204 e. The summed E-state index contributed by atoms with van der Waals surface area (Å²) in [6, 6.07) is 0. The molecule has 0 saturated heterocycles. The SMILES string of the molecule is CCNC1=C(NC)C(=O)C=CC1=O. The number of allylic oxidation sites excluding steroid dienone is 2. The Hall–Kier alpha value is -1.58. The molecule has 0 saturated carbocycles. The van der Waals surface area contributed by atoms with Crippen LogP contribution in [0.5, 0.6) is 0 Å². The second-order valence-electron chi connectivity index (χ2n) is 2.59. The third-order valence-electron chi connectivity index (χ3n) is 1.73. The van der Waals surface area contributed by atoms with E-state index in [0.29, 0.717) is 17.9 Å². The van der Waals surface area contributed by atoms with Crippen LogP contribution in [0.25, 0.3) is 0 Å². The molecule has 2 N–H and O–H groups in total. The van der Waals surface area contributed by atoms with Crippen LogP contribution in [0.4, 0.5) is 0 Å². The lowest BCUT2D eigenvalue weighted by molar-refractivity contribution is -0.115. The van der Waals surface area contributed by atoms with Gasteiger partial charge in [0, 0.05) is 13.6 Å². The van der Waals surface area contributed by atoms with E-state index in [2.05, 4.69) is 10.6 Å². The van der Waals surface area contributed by atoms with Gasteiger partial charge in [-0.05, 0) is 19.1 Å². The number of carbonyl (C=O) groups excluding carboxylic acids is 2. The lowest BCUT2D eigenvalue weighted by atomic mass is 10.1. The molecule has 4 nitrogen and oxygen atoms in total. The first kappa shape index (κ1) is 9.51. The van der Waals surface area contributed by atoms with E-state index in [1.165, 1.54) is 12.2 Å². The molecule has 0 aromatic rings. The Kier molecular flexibility index (Phi) is 2.84. The van der Waals surface area contributed by atoms with Crippen molar-refractivity contribution in [2.45, 2.75) is 6.92 Å². The first-order valence-electron chi connectivity index (χ1n) is 4.13. The Morgan fingerprint density at radius 1 is 1.15 bits per heavy atom. The molecule has 0 heterocycles. The van der Waals surface area contributed by atoms with Gasteiger partial charge in [-0.2, -0.15) is 0 Å². The number of likely N-dealkylation sites (N-methyl/N-ethyl adjacent to an activating group) is 2. The quantitative estimate of drug-likeness (QED) is 0.587. The highest BCUT2D eigenvalue weighted by Gasteiger charge is 2.20. The topological polar surface area (TPSA) is 58.2 Å². The molecule has 0 aromatic carbocycles. The van der Waals surface area contributed by atoms with Crippen LogP contribution in [-0.2, 0) is 9.59 Å². The van der Waals surface area contributed by atoms with Crippen molar-refractivity contribution in [1.29, 1.82) is 0 Å². The van der Waals surface area contributed by atoms with Crippen molar-refractivity contribution in [2.75, 3.05) is 13.6 Å². The maximum atomic E-state index is 11.3. The summed E-state index contributed by atoms with van der Waals surface area (Å²) in [6.45, 7) is 2.49. The average molecular weight is 180 g/mol. The number of ketones is 2. The van der Waals surface area contributed by atoms with Gasteiger partial charge in [-0.1, -0.05) is 0 Å². The summed E-state index contributed by atoms with van der Waals surface area (Å²) in [6.07, 6.45) is 2.55. The zero-order valence-electron chi connectivity index (χ0n) is 7.68. The second kappa shape index (κ2) is 3.89. The van der Waals surface area contributed by atoms with Gasteiger partial charge in [-0.15, -0.1) is 0 Å². The van der Waals surface area contributed by atoms with Gasteiger partial charge in [0.2, 0.25) is 11.6 Å². The van der Waals surface area contributed by atoms with Gasteiger partial charge < -0.3 is 10.6 Å². The van der Waals surface area contributed by atoms with Gasteiger partial charge in [0.15, 0.2) is 0 Å². The summed E-state index contributed by atoms with van der Waals surface area (Å²) in [4.78, 5) is 22.6. The van der Waals surface area contributed by atoms with Crippen LogP contribution in [-0.4, -0.2) is 25.2 Å². The Balaban J connectivity index is 3.03. The van der Waals surface area contributed by atoms with Crippen molar-refractivity contribution in [2.24, 2.45) is 0 Å². The Bertz CT molecular complexity index is 303. The van der Waals surface area contributed by atoms with Crippen molar-refractivity contribution in [3.8, 4) is 0 Å². The molecule has 0 aliphatic heterocycles. The average Bonchev–Trinajstić information content (AvgIpc) is 2.12. The molecule has 0 amide bonds. The molecular formula is C9H12N2O2. The van der Waals surface area contributed by atoms with E-state index in [1.807, 2.05) is 6.92 Å². The van der Waals surface area contributed by atoms with E-state index in [9.17, 15) is 9.59 Å². The van der Waals surface area contributed by atoms with Crippen molar-refractivity contribution < 1.29 is 9.59 Å². The normalized spacial score (nSPS) is 16.5. The third-order valence-corrected chi connectivity index (χ3v) is 1.73. The summed E-state index contributed by atoms with van der Waals surface area (Å²) >= 11 is 0. The molecule has 1 rings (SSSR count). The van der Waals surface area contributed by atoms with E-state index in [0.717, 1.165) is 0 Å². The zero-order chi connectivity index (χ0) is 9.84. The lowest BCUT2D eigenvalue weighted by Crippen LogP contribution is -2.31. The van der Waals surface area contributed by atoms with Crippen LogP contribution >= 0.6 is 0 Å². The van der Waals surface area contributed by atoms with Crippen LogP contribution < -0.4 is 10.6 Å². The molecule has 1 aliphatic rings. The minimum absolute atomic E-state index is 0.161. The van der Waals surface area contributed by atoms with Gasteiger partial charge in [-0.3, -0.25) is 9.59 Å². The van der Waals surface area contributed by atoms with Crippen molar-refractivity contribution in [1.82, 2.24) is 10.6 Å². The Morgan fingerprint density at radius 2 is 1.69 bits per heavy atom. The molecule has 70 valence electrons. The highest BCUT2D eigenvalue weighted by molar-refractivity contribution is 6.19. The van der Waals surface area contributed by atoms with E-state index in [4.69, 9.17) is 0 Å². The number of nitrogens with one attached hydrogen (secondary N) is 2. The third kappa shape index (κ3) is 1.77. The van der Waals surface area contributed by atoms with Gasteiger partial charge >= 0.3 is 0 Å². The molecule has 13 heavy (non-hydrogen) atoms. The molecule has 0 fully saturated rings. The molecule has 0 atom stereocenters. The van der Waals surface area contributed by atoms with E-state index in [-0.39, 0.29) is 11.6 Å². The molecular weight excluding hydrogens is 168 g/mol.